The molecule has 29 heavy (non-hydrogen) atoms. The van der Waals surface area contributed by atoms with Crippen molar-refractivity contribution in [1.82, 2.24) is 10.2 Å². The van der Waals surface area contributed by atoms with E-state index in [1.807, 2.05) is 48.5 Å². The quantitative estimate of drug-likeness (QED) is 0.518. The van der Waals surface area contributed by atoms with Gasteiger partial charge in [0.05, 0.1) is 5.69 Å². The number of H-pyrrole nitrogens is 1. The molecule has 0 radical (unpaired) electrons. The van der Waals surface area contributed by atoms with Gasteiger partial charge in [-0.1, -0.05) is 72.8 Å². The normalized spacial score (nSPS) is 13.2. The number of nitrogens with one attached hydrogen (secondary N) is 2. The van der Waals surface area contributed by atoms with Crippen molar-refractivity contribution in [3.63, 3.8) is 0 Å². The number of aromatic nitrogens is 2. The number of anilines is 1. The highest BCUT2D eigenvalue weighted by Gasteiger charge is 2.27. The van der Waals surface area contributed by atoms with Crippen molar-refractivity contribution in [3.8, 4) is 22.4 Å². The Morgan fingerprint density at radius 3 is 2.21 bits per heavy atom. The van der Waals surface area contributed by atoms with Crippen molar-refractivity contribution < 1.29 is 4.79 Å². The largest absolute Gasteiger partial charge is 0.309 e. The topological polar surface area (TPSA) is 57.8 Å². The van der Waals surface area contributed by atoms with Gasteiger partial charge in [-0.05, 0) is 41.2 Å². The molecule has 0 saturated heterocycles. The summed E-state index contributed by atoms with van der Waals surface area (Å²) in [5.41, 5.74) is 6.77. The predicted molar refractivity (Wildman–Crippen MR) is 115 cm³/mol. The lowest BCUT2D eigenvalue weighted by molar-refractivity contribution is -0.119. The fourth-order valence-corrected chi connectivity index (χ4v) is 4.00. The average Bonchev–Trinajstić information content (AvgIpc) is 3.41. The van der Waals surface area contributed by atoms with Gasteiger partial charge in [0.1, 0.15) is 0 Å². The number of carbonyl (C=O) groups excluding carboxylic acids is 1. The number of fused-ring (bicyclic) bond motifs is 1. The minimum atomic E-state index is -0.0334. The van der Waals surface area contributed by atoms with Crippen LogP contribution in [0.25, 0.3) is 22.4 Å². The molecule has 4 heteroatoms. The van der Waals surface area contributed by atoms with Crippen LogP contribution >= 0.6 is 0 Å². The lowest BCUT2D eigenvalue weighted by Gasteiger charge is -2.07. The van der Waals surface area contributed by atoms with Crippen molar-refractivity contribution in [2.75, 3.05) is 5.32 Å². The number of hydrogen-bond acceptors (Lipinski definition) is 2. The van der Waals surface area contributed by atoms with E-state index in [2.05, 4.69) is 51.9 Å². The first-order valence-electron chi connectivity index (χ1n) is 9.85. The molecule has 4 nitrogen and oxygen atoms in total. The molecular formula is C25H21N3O. The highest BCUT2D eigenvalue weighted by Crippen LogP contribution is 2.29. The van der Waals surface area contributed by atoms with E-state index in [4.69, 9.17) is 0 Å². The molecule has 4 aromatic rings. The van der Waals surface area contributed by atoms with Crippen LogP contribution in [0.4, 0.5) is 5.82 Å². The van der Waals surface area contributed by atoms with E-state index in [0.29, 0.717) is 5.82 Å². The zero-order chi connectivity index (χ0) is 19.6. The van der Waals surface area contributed by atoms with Crippen molar-refractivity contribution in [2.24, 2.45) is 5.92 Å². The summed E-state index contributed by atoms with van der Waals surface area (Å²) in [5, 5.41) is 10.3. The number of hydrogen-bond donors (Lipinski definition) is 2. The van der Waals surface area contributed by atoms with Gasteiger partial charge in [0.15, 0.2) is 5.82 Å². The molecule has 0 bridgehead atoms. The maximum atomic E-state index is 12.7. The van der Waals surface area contributed by atoms with Gasteiger partial charge in [0.25, 0.3) is 0 Å². The van der Waals surface area contributed by atoms with Crippen LogP contribution in [-0.2, 0) is 17.6 Å². The van der Waals surface area contributed by atoms with Crippen LogP contribution in [0.2, 0.25) is 0 Å². The Hall–Kier alpha value is -3.66. The minimum absolute atomic E-state index is 0.0253. The SMILES string of the molecule is O=C(Nc1cc(-c2cccc(-c3ccccc3)c2)[nH]n1)C1Cc2ccccc2C1. The molecule has 1 heterocycles. The zero-order valence-corrected chi connectivity index (χ0v) is 15.9. The summed E-state index contributed by atoms with van der Waals surface area (Å²) in [4.78, 5) is 12.7. The average molecular weight is 379 g/mol. The number of carbonyl (C=O) groups is 1. The number of aromatic amines is 1. The van der Waals surface area contributed by atoms with Gasteiger partial charge < -0.3 is 5.32 Å². The third-order valence-corrected chi connectivity index (χ3v) is 5.53. The highest BCUT2D eigenvalue weighted by atomic mass is 16.2. The van der Waals surface area contributed by atoms with Gasteiger partial charge in [-0.15, -0.1) is 0 Å². The lowest BCUT2D eigenvalue weighted by Crippen LogP contribution is -2.23. The van der Waals surface area contributed by atoms with Crippen molar-refractivity contribution in [1.29, 1.82) is 0 Å². The van der Waals surface area contributed by atoms with Crippen molar-refractivity contribution >= 4 is 11.7 Å². The summed E-state index contributed by atoms with van der Waals surface area (Å²) in [7, 11) is 0. The summed E-state index contributed by atoms with van der Waals surface area (Å²) in [6, 6.07) is 28.7. The molecule has 0 unspecified atom stereocenters. The number of nitrogens with zero attached hydrogens (tertiary/aromatic N) is 1. The molecule has 5 rings (SSSR count). The maximum Gasteiger partial charge on any atom is 0.229 e. The van der Waals surface area contributed by atoms with E-state index >= 15 is 0 Å². The van der Waals surface area contributed by atoms with Crippen LogP contribution in [0.1, 0.15) is 11.1 Å². The van der Waals surface area contributed by atoms with Gasteiger partial charge in [0, 0.05) is 17.5 Å². The summed E-state index contributed by atoms with van der Waals surface area (Å²) >= 11 is 0. The first-order chi connectivity index (χ1) is 14.3. The van der Waals surface area contributed by atoms with Crippen LogP contribution in [0.3, 0.4) is 0 Å². The van der Waals surface area contributed by atoms with Gasteiger partial charge in [-0.3, -0.25) is 9.89 Å². The zero-order valence-electron chi connectivity index (χ0n) is 15.9. The molecule has 0 spiro atoms. The Balaban J connectivity index is 1.31. The van der Waals surface area contributed by atoms with Crippen LogP contribution in [0.5, 0.6) is 0 Å². The fraction of sp³-hybridized carbons (Fsp3) is 0.120. The standard InChI is InChI=1S/C25H21N3O/c29-25(22-14-19-9-4-5-10-20(19)15-22)26-24-16-23(27-28-24)21-12-6-11-18(13-21)17-7-2-1-3-8-17/h1-13,16,22H,14-15H2,(H2,26,27,28,29). The van der Waals surface area contributed by atoms with E-state index in [0.717, 1.165) is 29.7 Å². The van der Waals surface area contributed by atoms with Crippen LogP contribution < -0.4 is 5.32 Å². The van der Waals surface area contributed by atoms with E-state index in [9.17, 15) is 4.79 Å². The Morgan fingerprint density at radius 2 is 1.45 bits per heavy atom. The molecule has 1 aliphatic carbocycles. The number of amides is 1. The summed E-state index contributed by atoms with van der Waals surface area (Å²) in [5.74, 6) is 0.553. The molecule has 2 N–H and O–H groups in total. The van der Waals surface area contributed by atoms with Crippen LogP contribution in [0, 0.1) is 5.92 Å². The van der Waals surface area contributed by atoms with E-state index in [-0.39, 0.29) is 11.8 Å². The van der Waals surface area contributed by atoms with Crippen LogP contribution in [-0.4, -0.2) is 16.1 Å². The molecule has 1 amide bonds. The Bertz CT molecular complexity index is 1140. The first-order valence-corrected chi connectivity index (χ1v) is 9.85. The third-order valence-electron chi connectivity index (χ3n) is 5.53. The number of rotatable bonds is 4. The maximum absolute atomic E-state index is 12.7. The van der Waals surface area contributed by atoms with E-state index in [1.54, 1.807) is 0 Å². The molecule has 0 fully saturated rings. The summed E-state index contributed by atoms with van der Waals surface area (Å²) in [6.07, 6.45) is 1.58. The van der Waals surface area contributed by atoms with Crippen molar-refractivity contribution in [2.45, 2.75) is 12.8 Å². The minimum Gasteiger partial charge on any atom is -0.309 e. The fourth-order valence-electron chi connectivity index (χ4n) is 4.00. The smallest absolute Gasteiger partial charge is 0.229 e. The molecule has 0 aliphatic heterocycles. The van der Waals surface area contributed by atoms with Gasteiger partial charge in [0.2, 0.25) is 5.91 Å². The second-order valence-electron chi connectivity index (χ2n) is 7.48. The molecule has 1 aliphatic rings. The molecule has 1 aromatic heterocycles. The molecule has 142 valence electrons. The highest BCUT2D eigenvalue weighted by molar-refractivity contribution is 5.93. The Kier molecular flexibility index (Phi) is 4.45. The van der Waals surface area contributed by atoms with Crippen LogP contribution in [0.15, 0.2) is 84.9 Å². The monoisotopic (exact) mass is 379 g/mol. The molecule has 3 aromatic carbocycles. The Labute approximate surface area is 169 Å². The first kappa shape index (κ1) is 17.4. The molecule has 0 atom stereocenters. The summed E-state index contributed by atoms with van der Waals surface area (Å²) < 4.78 is 0. The van der Waals surface area contributed by atoms with Crippen molar-refractivity contribution in [3.05, 3.63) is 96.1 Å². The summed E-state index contributed by atoms with van der Waals surface area (Å²) in [6.45, 7) is 0. The van der Waals surface area contributed by atoms with E-state index in [1.165, 1.54) is 16.7 Å². The third kappa shape index (κ3) is 3.57. The second-order valence-corrected chi connectivity index (χ2v) is 7.48. The molecular weight excluding hydrogens is 358 g/mol. The lowest BCUT2D eigenvalue weighted by atomic mass is 10.0. The van der Waals surface area contributed by atoms with E-state index < -0.39 is 0 Å². The number of benzene rings is 3. The molecule has 0 saturated carbocycles. The van der Waals surface area contributed by atoms with Gasteiger partial charge in [-0.2, -0.15) is 5.10 Å². The van der Waals surface area contributed by atoms with Gasteiger partial charge >= 0.3 is 0 Å². The second kappa shape index (κ2) is 7.40. The Morgan fingerprint density at radius 1 is 0.793 bits per heavy atom. The predicted octanol–water partition coefficient (Wildman–Crippen LogP) is 5.10. The van der Waals surface area contributed by atoms with Gasteiger partial charge in [-0.25, -0.2) is 0 Å².